The molecular formula is C21H32N2O5. The summed E-state index contributed by atoms with van der Waals surface area (Å²) < 4.78 is 10.7. The maximum atomic E-state index is 12.4. The minimum atomic E-state index is -1.01. The van der Waals surface area contributed by atoms with Crippen LogP contribution in [-0.2, 0) is 14.3 Å². The van der Waals surface area contributed by atoms with E-state index in [1.165, 1.54) is 0 Å². The SMILES string of the molecule is COC(OC)C1CCN(c2ccc(C(=O)N[C@@H](CC(C)C)C(=O)O)cc2)CC1. The second-order valence-electron chi connectivity index (χ2n) is 7.70. The van der Waals surface area contributed by atoms with Crippen LogP contribution >= 0.6 is 0 Å². The zero-order valence-corrected chi connectivity index (χ0v) is 17.2. The molecule has 0 saturated carbocycles. The number of piperidine rings is 1. The number of hydrogen-bond donors (Lipinski definition) is 2. The lowest BCUT2D eigenvalue weighted by Crippen LogP contribution is -2.41. The van der Waals surface area contributed by atoms with Gasteiger partial charge in [-0.2, -0.15) is 0 Å². The lowest BCUT2D eigenvalue weighted by atomic mass is 9.95. The van der Waals surface area contributed by atoms with E-state index in [0.29, 0.717) is 17.9 Å². The standard InChI is InChI=1S/C21H32N2O5/c1-14(2)13-18(20(25)26)22-19(24)15-5-7-17(8-6-15)23-11-9-16(10-12-23)21(27-3)28-4/h5-8,14,16,18,21H,9-13H2,1-4H3,(H,22,24)(H,25,26)/t18-/m0/s1. The number of nitrogens with zero attached hydrogens (tertiary/aromatic N) is 1. The molecule has 0 unspecified atom stereocenters. The quantitative estimate of drug-likeness (QED) is 0.628. The summed E-state index contributed by atoms with van der Waals surface area (Å²) in [6.45, 7) is 5.66. The summed E-state index contributed by atoms with van der Waals surface area (Å²) in [6, 6.07) is 6.45. The molecule has 0 radical (unpaired) electrons. The Morgan fingerprint density at radius 1 is 1.14 bits per heavy atom. The number of benzene rings is 1. The van der Waals surface area contributed by atoms with Gasteiger partial charge in [0.05, 0.1) is 0 Å². The van der Waals surface area contributed by atoms with E-state index in [-0.39, 0.29) is 18.1 Å². The molecule has 1 saturated heterocycles. The van der Waals surface area contributed by atoms with Gasteiger partial charge in [-0.15, -0.1) is 0 Å². The Morgan fingerprint density at radius 2 is 1.71 bits per heavy atom. The van der Waals surface area contributed by atoms with Crippen LogP contribution in [0.5, 0.6) is 0 Å². The summed E-state index contributed by atoms with van der Waals surface area (Å²) in [5.41, 5.74) is 1.52. The second-order valence-corrected chi connectivity index (χ2v) is 7.70. The van der Waals surface area contributed by atoms with E-state index in [2.05, 4.69) is 10.2 Å². The van der Waals surface area contributed by atoms with Crippen LogP contribution in [-0.4, -0.2) is 56.6 Å². The predicted octanol–water partition coefficient (Wildman–Crippen LogP) is 2.75. The molecule has 0 bridgehead atoms. The molecule has 7 nitrogen and oxygen atoms in total. The number of carbonyl (C=O) groups is 2. The number of nitrogens with one attached hydrogen (secondary N) is 1. The summed E-state index contributed by atoms with van der Waals surface area (Å²) in [5, 5.41) is 11.9. The lowest BCUT2D eigenvalue weighted by molar-refractivity contribution is -0.141. The summed E-state index contributed by atoms with van der Waals surface area (Å²) in [7, 11) is 3.33. The van der Waals surface area contributed by atoms with Gasteiger partial charge in [0.15, 0.2) is 6.29 Å². The fourth-order valence-electron chi connectivity index (χ4n) is 3.67. The van der Waals surface area contributed by atoms with Crippen LogP contribution in [0.25, 0.3) is 0 Å². The van der Waals surface area contributed by atoms with Crippen molar-refractivity contribution in [3.05, 3.63) is 29.8 Å². The summed E-state index contributed by atoms with van der Waals surface area (Å²) in [6.07, 6.45) is 2.19. The van der Waals surface area contributed by atoms with Gasteiger partial charge in [0.25, 0.3) is 5.91 Å². The Labute approximate surface area is 167 Å². The minimum absolute atomic E-state index is 0.166. The van der Waals surface area contributed by atoms with Crippen LogP contribution in [0.1, 0.15) is 43.5 Å². The van der Waals surface area contributed by atoms with Crippen LogP contribution in [0.15, 0.2) is 24.3 Å². The molecule has 7 heteroatoms. The molecule has 156 valence electrons. The number of carboxylic acids is 1. The Morgan fingerprint density at radius 3 is 2.18 bits per heavy atom. The Bertz CT molecular complexity index is 635. The largest absolute Gasteiger partial charge is 0.480 e. The molecule has 1 aliphatic heterocycles. The number of hydrogen-bond acceptors (Lipinski definition) is 5. The molecule has 1 heterocycles. The maximum Gasteiger partial charge on any atom is 0.326 e. The molecule has 1 aliphatic rings. The van der Waals surface area contributed by atoms with Gasteiger partial charge in [-0.25, -0.2) is 4.79 Å². The van der Waals surface area contributed by atoms with E-state index in [0.717, 1.165) is 31.6 Å². The molecule has 1 atom stereocenters. The number of anilines is 1. The van der Waals surface area contributed by atoms with Crippen molar-refractivity contribution in [2.24, 2.45) is 11.8 Å². The van der Waals surface area contributed by atoms with Crippen LogP contribution in [0.3, 0.4) is 0 Å². The van der Waals surface area contributed by atoms with E-state index in [9.17, 15) is 14.7 Å². The van der Waals surface area contributed by atoms with Crippen molar-refractivity contribution in [2.75, 3.05) is 32.2 Å². The van der Waals surface area contributed by atoms with Crippen LogP contribution < -0.4 is 10.2 Å². The van der Waals surface area contributed by atoms with E-state index >= 15 is 0 Å². The van der Waals surface area contributed by atoms with E-state index < -0.39 is 12.0 Å². The number of amides is 1. The van der Waals surface area contributed by atoms with E-state index in [4.69, 9.17) is 9.47 Å². The minimum Gasteiger partial charge on any atom is -0.480 e. The molecule has 0 aromatic heterocycles. The Hall–Kier alpha value is -2.12. The molecule has 1 amide bonds. The average molecular weight is 392 g/mol. The number of aliphatic carboxylic acids is 1. The van der Waals surface area contributed by atoms with E-state index in [1.54, 1.807) is 26.4 Å². The lowest BCUT2D eigenvalue weighted by Gasteiger charge is -2.36. The molecule has 1 aromatic carbocycles. The molecule has 0 aliphatic carbocycles. The molecular weight excluding hydrogens is 360 g/mol. The zero-order chi connectivity index (χ0) is 20.7. The van der Waals surface area contributed by atoms with Gasteiger partial charge in [-0.1, -0.05) is 13.8 Å². The maximum absolute atomic E-state index is 12.4. The number of ether oxygens (including phenoxy) is 2. The molecule has 2 rings (SSSR count). The third-order valence-corrected chi connectivity index (χ3v) is 5.19. The Balaban J connectivity index is 1.94. The number of carboxylic acid groups (broad SMARTS) is 1. The van der Waals surface area contributed by atoms with Crippen molar-refractivity contribution in [3.63, 3.8) is 0 Å². The first-order chi connectivity index (χ1) is 13.3. The molecule has 1 fully saturated rings. The van der Waals surface area contributed by atoms with Gasteiger partial charge in [-0.3, -0.25) is 4.79 Å². The smallest absolute Gasteiger partial charge is 0.326 e. The molecule has 28 heavy (non-hydrogen) atoms. The van der Waals surface area contributed by atoms with E-state index in [1.807, 2.05) is 26.0 Å². The molecule has 0 spiro atoms. The summed E-state index contributed by atoms with van der Waals surface area (Å²) in [5.74, 6) is -0.805. The van der Waals surface area contributed by atoms with Gasteiger partial charge >= 0.3 is 5.97 Å². The van der Waals surface area contributed by atoms with Gasteiger partial charge in [-0.05, 0) is 49.4 Å². The Kier molecular flexibility index (Phi) is 8.26. The van der Waals surface area contributed by atoms with Crippen LogP contribution in [0, 0.1) is 11.8 Å². The monoisotopic (exact) mass is 392 g/mol. The first-order valence-electron chi connectivity index (χ1n) is 9.80. The van der Waals surface area contributed by atoms with Gasteiger partial charge in [0.2, 0.25) is 0 Å². The highest BCUT2D eigenvalue weighted by Gasteiger charge is 2.27. The highest BCUT2D eigenvalue weighted by Crippen LogP contribution is 2.27. The van der Waals surface area contributed by atoms with Gasteiger partial charge in [0, 0.05) is 44.5 Å². The second kappa shape index (κ2) is 10.4. The first kappa shape index (κ1) is 22.2. The van der Waals surface area contributed by atoms with Crippen molar-refractivity contribution >= 4 is 17.6 Å². The van der Waals surface area contributed by atoms with Gasteiger partial charge < -0.3 is 24.8 Å². The average Bonchev–Trinajstić information content (AvgIpc) is 2.68. The van der Waals surface area contributed by atoms with Crippen molar-refractivity contribution in [2.45, 2.75) is 45.4 Å². The third kappa shape index (κ3) is 5.94. The highest BCUT2D eigenvalue weighted by atomic mass is 16.7. The zero-order valence-electron chi connectivity index (χ0n) is 17.2. The molecule has 2 N–H and O–H groups in total. The number of carbonyl (C=O) groups excluding carboxylic acids is 1. The summed E-state index contributed by atoms with van der Waals surface area (Å²) >= 11 is 0. The number of methoxy groups -OCH3 is 2. The predicted molar refractivity (Wildman–Crippen MR) is 108 cm³/mol. The van der Waals surface area contributed by atoms with Crippen molar-refractivity contribution in [1.82, 2.24) is 5.32 Å². The van der Waals surface area contributed by atoms with Crippen molar-refractivity contribution < 1.29 is 24.2 Å². The topological polar surface area (TPSA) is 88.1 Å². The number of rotatable bonds is 9. The van der Waals surface area contributed by atoms with Crippen molar-refractivity contribution in [1.29, 1.82) is 0 Å². The first-order valence-corrected chi connectivity index (χ1v) is 9.80. The molecule has 1 aromatic rings. The fourth-order valence-corrected chi connectivity index (χ4v) is 3.67. The third-order valence-electron chi connectivity index (χ3n) is 5.19. The summed E-state index contributed by atoms with van der Waals surface area (Å²) in [4.78, 5) is 26.0. The van der Waals surface area contributed by atoms with Crippen LogP contribution in [0.4, 0.5) is 5.69 Å². The van der Waals surface area contributed by atoms with Crippen LogP contribution in [0.2, 0.25) is 0 Å². The van der Waals surface area contributed by atoms with Crippen molar-refractivity contribution in [3.8, 4) is 0 Å². The van der Waals surface area contributed by atoms with Gasteiger partial charge in [0.1, 0.15) is 6.04 Å². The highest BCUT2D eigenvalue weighted by molar-refractivity contribution is 5.96. The fraction of sp³-hybridized carbons (Fsp3) is 0.619. The normalized spacial score (nSPS) is 16.4.